The van der Waals surface area contributed by atoms with Gasteiger partial charge in [0.05, 0.1) is 25.9 Å². The maximum atomic E-state index is 11.9. The minimum atomic E-state index is -0.536. The van der Waals surface area contributed by atoms with E-state index in [0.29, 0.717) is 19.8 Å². The minimum absolute atomic E-state index is 0.0249. The van der Waals surface area contributed by atoms with Crippen LogP contribution in [0.15, 0.2) is 0 Å². The van der Waals surface area contributed by atoms with Crippen LogP contribution in [0.5, 0.6) is 0 Å². The van der Waals surface area contributed by atoms with Gasteiger partial charge >= 0.3 is 0 Å². The summed E-state index contributed by atoms with van der Waals surface area (Å²) in [6.45, 7) is 6.56. The highest BCUT2D eigenvalue weighted by Gasteiger charge is 2.41. The first-order chi connectivity index (χ1) is 8.11. The summed E-state index contributed by atoms with van der Waals surface area (Å²) in [7, 11) is 0. The Labute approximate surface area is 102 Å². The van der Waals surface area contributed by atoms with Crippen molar-refractivity contribution in [1.29, 1.82) is 0 Å². The smallest absolute Gasteiger partial charge is 0.248 e. The van der Waals surface area contributed by atoms with Crippen LogP contribution >= 0.6 is 0 Å². The Balaban J connectivity index is 1.86. The third-order valence-corrected chi connectivity index (χ3v) is 3.12. The number of nitrogens with zero attached hydrogens (tertiary/aromatic N) is 1. The molecule has 1 spiro atoms. The van der Waals surface area contributed by atoms with Gasteiger partial charge in [0.15, 0.2) is 5.79 Å². The molecule has 0 saturated carbocycles. The average Bonchev–Trinajstić information content (AvgIpc) is 2.74. The molecule has 0 aromatic rings. The van der Waals surface area contributed by atoms with E-state index in [1.54, 1.807) is 4.90 Å². The Morgan fingerprint density at radius 1 is 1.41 bits per heavy atom. The standard InChI is InChI=1S/C12H21NO4/c1-10(2)15-8-11(14)13-5-3-4-12(9-13)16-6-7-17-12/h10H,3-9H2,1-2H3. The summed E-state index contributed by atoms with van der Waals surface area (Å²) in [6, 6.07) is 0. The lowest BCUT2D eigenvalue weighted by molar-refractivity contribution is -0.194. The molecule has 2 fully saturated rings. The summed E-state index contributed by atoms with van der Waals surface area (Å²) >= 11 is 0. The van der Waals surface area contributed by atoms with Crippen LogP contribution in [0, 0.1) is 0 Å². The van der Waals surface area contributed by atoms with E-state index in [9.17, 15) is 4.79 Å². The molecule has 0 aromatic heterocycles. The molecule has 17 heavy (non-hydrogen) atoms. The van der Waals surface area contributed by atoms with E-state index in [1.165, 1.54) is 0 Å². The van der Waals surface area contributed by atoms with Gasteiger partial charge in [-0.15, -0.1) is 0 Å². The van der Waals surface area contributed by atoms with Crippen molar-refractivity contribution < 1.29 is 19.0 Å². The number of hydrogen-bond acceptors (Lipinski definition) is 4. The van der Waals surface area contributed by atoms with Crippen molar-refractivity contribution in [3.8, 4) is 0 Å². The number of carbonyl (C=O) groups excluding carboxylic acids is 1. The molecule has 2 saturated heterocycles. The highest BCUT2D eigenvalue weighted by atomic mass is 16.7. The Morgan fingerprint density at radius 2 is 2.12 bits per heavy atom. The number of rotatable bonds is 3. The topological polar surface area (TPSA) is 48.0 Å². The van der Waals surface area contributed by atoms with E-state index in [4.69, 9.17) is 14.2 Å². The van der Waals surface area contributed by atoms with Crippen molar-refractivity contribution in [1.82, 2.24) is 4.90 Å². The zero-order valence-corrected chi connectivity index (χ0v) is 10.6. The van der Waals surface area contributed by atoms with Crippen LogP contribution in [0.1, 0.15) is 26.7 Å². The van der Waals surface area contributed by atoms with E-state index in [-0.39, 0.29) is 18.6 Å². The van der Waals surface area contributed by atoms with Crippen molar-refractivity contribution in [2.24, 2.45) is 0 Å². The zero-order chi connectivity index (χ0) is 12.3. The molecule has 2 aliphatic rings. The van der Waals surface area contributed by atoms with Crippen LogP contribution in [0.2, 0.25) is 0 Å². The number of piperidine rings is 1. The summed E-state index contributed by atoms with van der Waals surface area (Å²) in [6.07, 6.45) is 1.88. The van der Waals surface area contributed by atoms with Crippen LogP contribution < -0.4 is 0 Å². The highest BCUT2D eigenvalue weighted by molar-refractivity contribution is 5.77. The molecule has 0 N–H and O–H groups in total. The molecule has 1 amide bonds. The number of likely N-dealkylation sites (tertiary alicyclic amines) is 1. The number of hydrogen-bond donors (Lipinski definition) is 0. The fourth-order valence-electron chi connectivity index (χ4n) is 2.26. The molecule has 0 aliphatic carbocycles. The van der Waals surface area contributed by atoms with E-state index in [1.807, 2.05) is 13.8 Å². The molecule has 5 heteroatoms. The Morgan fingerprint density at radius 3 is 2.76 bits per heavy atom. The largest absolute Gasteiger partial charge is 0.369 e. The second-order valence-electron chi connectivity index (χ2n) is 4.89. The summed E-state index contributed by atoms with van der Waals surface area (Å²) in [4.78, 5) is 13.7. The van der Waals surface area contributed by atoms with Gasteiger partial charge in [0.1, 0.15) is 6.61 Å². The molecular weight excluding hydrogens is 222 g/mol. The van der Waals surface area contributed by atoms with Crippen molar-refractivity contribution >= 4 is 5.91 Å². The normalized spacial score (nSPS) is 23.6. The van der Waals surface area contributed by atoms with Crippen molar-refractivity contribution in [2.45, 2.75) is 38.6 Å². The van der Waals surface area contributed by atoms with E-state index < -0.39 is 5.79 Å². The zero-order valence-electron chi connectivity index (χ0n) is 10.6. The molecule has 0 atom stereocenters. The van der Waals surface area contributed by atoms with Crippen molar-refractivity contribution in [2.75, 3.05) is 32.9 Å². The van der Waals surface area contributed by atoms with Crippen molar-refractivity contribution in [3.63, 3.8) is 0 Å². The molecule has 0 bridgehead atoms. The first kappa shape index (κ1) is 12.8. The lowest BCUT2D eigenvalue weighted by Crippen LogP contribution is -2.52. The van der Waals surface area contributed by atoms with Gasteiger partial charge in [-0.25, -0.2) is 0 Å². The molecule has 2 heterocycles. The van der Waals surface area contributed by atoms with Gasteiger partial charge in [-0.2, -0.15) is 0 Å². The Hall–Kier alpha value is -0.650. The lowest BCUT2D eigenvalue weighted by Gasteiger charge is -2.38. The summed E-state index contributed by atoms with van der Waals surface area (Å²) in [5.41, 5.74) is 0. The van der Waals surface area contributed by atoms with Crippen LogP contribution in [-0.2, 0) is 19.0 Å². The average molecular weight is 243 g/mol. The molecule has 0 radical (unpaired) electrons. The van der Waals surface area contributed by atoms with Gasteiger partial charge in [0.25, 0.3) is 0 Å². The molecule has 2 aliphatic heterocycles. The molecule has 5 nitrogen and oxygen atoms in total. The second kappa shape index (κ2) is 5.33. The van der Waals surface area contributed by atoms with Crippen LogP contribution in [-0.4, -0.2) is 55.6 Å². The van der Waals surface area contributed by atoms with Crippen molar-refractivity contribution in [3.05, 3.63) is 0 Å². The lowest BCUT2D eigenvalue weighted by atomic mass is 10.0. The first-order valence-corrected chi connectivity index (χ1v) is 6.29. The van der Waals surface area contributed by atoms with Gasteiger partial charge in [-0.05, 0) is 20.3 Å². The molecule has 2 rings (SSSR count). The third kappa shape index (κ3) is 3.18. The van der Waals surface area contributed by atoms with E-state index in [2.05, 4.69) is 0 Å². The monoisotopic (exact) mass is 243 g/mol. The number of amides is 1. The summed E-state index contributed by atoms with van der Waals surface area (Å²) < 4.78 is 16.6. The van der Waals surface area contributed by atoms with Crippen LogP contribution in [0.25, 0.3) is 0 Å². The molecular formula is C12H21NO4. The fourth-order valence-corrected chi connectivity index (χ4v) is 2.26. The summed E-state index contributed by atoms with van der Waals surface area (Å²) in [5, 5.41) is 0. The van der Waals surface area contributed by atoms with Gasteiger partial charge < -0.3 is 19.1 Å². The predicted molar refractivity (Wildman–Crippen MR) is 61.5 cm³/mol. The Kier molecular flexibility index (Phi) is 4.01. The van der Waals surface area contributed by atoms with E-state index in [0.717, 1.165) is 19.4 Å². The van der Waals surface area contributed by atoms with Gasteiger partial charge in [0, 0.05) is 13.0 Å². The highest BCUT2D eigenvalue weighted by Crippen LogP contribution is 2.29. The van der Waals surface area contributed by atoms with Crippen LogP contribution in [0.3, 0.4) is 0 Å². The quantitative estimate of drug-likeness (QED) is 0.735. The third-order valence-electron chi connectivity index (χ3n) is 3.12. The molecule has 98 valence electrons. The number of carbonyl (C=O) groups is 1. The minimum Gasteiger partial charge on any atom is -0.369 e. The maximum Gasteiger partial charge on any atom is 0.248 e. The van der Waals surface area contributed by atoms with Crippen LogP contribution in [0.4, 0.5) is 0 Å². The Bertz CT molecular complexity index is 274. The van der Waals surface area contributed by atoms with Gasteiger partial charge in [-0.3, -0.25) is 4.79 Å². The van der Waals surface area contributed by atoms with Gasteiger partial charge in [0.2, 0.25) is 5.91 Å². The van der Waals surface area contributed by atoms with Gasteiger partial charge in [-0.1, -0.05) is 0 Å². The molecule has 0 unspecified atom stereocenters. The number of ether oxygens (including phenoxy) is 3. The van der Waals surface area contributed by atoms with E-state index >= 15 is 0 Å². The first-order valence-electron chi connectivity index (χ1n) is 6.29. The summed E-state index contributed by atoms with van der Waals surface area (Å²) in [5.74, 6) is -0.511. The second-order valence-corrected chi connectivity index (χ2v) is 4.89. The molecule has 0 aromatic carbocycles. The fraction of sp³-hybridized carbons (Fsp3) is 0.917. The maximum absolute atomic E-state index is 11.9. The SMILES string of the molecule is CC(C)OCC(=O)N1CCCC2(C1)OCCO2. The predicted octanol–water partition coefficient (Wildman–Crippen LogP) is 0.777.